The summed E-state index contributed by atoms with van der Waals surface area (Å²) < 4.78 is 5.32. The summed E-state index contributed by atoms with van der Waals surface area (Å²) in [6, 6.07) is 0.376. The van der Waals surface area contributed by atoms with Crippen LogP contribution in [0, 0.1) is 0 Å². The van der Waals surface area contributed by atoms with E-state index in [0.717, 1.165) is 38.2 Å². The van der Waals surface area contributed by atoms with Crippen LogP contribution >= 0.6 is 11.8 Å². The average Bonchev–Trinajstić information content (AvgIpc) is 2.40. The number of carbonyl (C=O) groups excluding carboxylic acids is 1. The number of nitrogens with one attached hydrogen (secondary N) is 1. The Kier molecular flexibility index (Phi) is 5.13. The van der Waals surface area contributed by atoms with Crippen LogP contribution in [0.4, 0.5) is 0 Å². The molecule has 2 fully saturated rings. The summed E-state index contributed by atoms with van der Waals surface area (Å²) in [6.45, 7) is 2.75. The molecule has 98 valence electrons. The summed E-state index contributed by atoms with van der Waals surface area (Å²) in [5, 5.41) is 3.42. The topological polar surface area (TPSA) is 41.6 Å². The second-order valence-electron chi connectivity index (χ2n) is 4.75. The Bertz CT molecular complexity index is 249. The highest BCUT2D eigenvalue weighted by molar-refractivity contribution is 7.99. The maximum absolute atomic E-state index is 12.1. The number of rotatable bonds is 3. The lowest BCUT2D eigenvalue weighted by Crippen LogP contribution is -2.45. The summed E-state index contributed by atoms with van der Waals surface area (Å²) in [5.41, 5.74) is 0. The molecule has 2 rings (SSSR count). The Balaban J connectivity index is 1.72. The molecule has 0 spiro atoms. The normalized spacial score (nSPS) is 27.1. The van der Waals surface area contributed by atoms with Gasteiger partial charge in [0.15, 0.2) is 0 Å². The van der Waals surface area contributed by atoms with Gasteiger partial charge in [0.05, 0.1) is 6.10 Å². The van der Waals surface area contributed by atoms with Crippen molar-refractivity contribution in [2.24, 2.45) is 0 Å². The molecule has 2 heterocycles. The van der Waals surface area contributed by atoms with Gasteiger partial charge in [0.25, 0.3) is 0 Å². The smallest absolute Gasteiger partial charge is 0.224 e. The minimum atomic E-state index is 0.305. The van der Waals surface area contributed by atoms with E-state index in [2.05, 4.69) is 5.32 Å². The SMILES string of the molecule is COC1CCN(C(=O)CC2CSCCN2)CC1. The standard InChI is InChI=1S/C12H22N2O2S/c1-16-11-2-5-14(6-3-11)12(15)8-10-9-17-7-4-13-10/h10-11,13H,2-9H2,1H3. The zero-order valence-corrected chi connectivity index (χ0v) is 11.3. The lowest BCUT2D eigenvalue weighted by atomic mass is 10.1. The minimum absolute atomic E-state index is 0.305. The van der Waals surface area contributed by atoms with Crippen molar-refractivity contribution in [2.45, 2.75) is 31.4 Å². The van der Waals surface area contributed by atoms with Gasteiger partial charge in [-0.05, 0) is 12.8 Å². The highest BCUT2D eigenvalue weighted by Crippen LogP contribution is 2.16. The van der Waals surface area contributed by atoms with Gasteiger partial charge < -0.3 is 15.0 Å². The first-order chi connectivity index (χ1) is 8.29. The lowest BCUT2D eigenvalue weighted by molar-refractivity contribution is -0.133. The highest BCUT2D eigenvalue weighted by Gasteiger charge is 2.25. The number of piperidine rings is 1. The van der Waals surface area contributed by atoms with Crippen LogP contribution < -0.4 is 5.32 Å². The summed E-state index contributed by atoms with van der Waals surface area (Å²) in [5.74, 6) is 2.55. The first-order valence-electron chi connectivity index (χ1n) is 6.41. The zero-order chi connectivity index (χ0) is 12.1. The summed E-state index contributed by atoms with van der Waals surface area (Å²) >= 11 is 1.94. The molecular weight excluding hydrogens is 236 g/mol. The molecule has 0 aromatic heterocycles. The zero-order valence-electron chi connectivity index (χ0n) is 10.5. The van der Waals surface area contributed by atoms with Gasteiger partial charge in [-0.25, -0.2) is 0 Å². The van der Waals surface area contributed by atoms with Crippen LogP contribution in [0.1, 0.15) is 19.3 Å². The van der Waals surface area contributed by atoms with Crippen molar-refractivity contribution >= 4 is 17.7 Å². The largest absolute Gasteiger partial charge is 0.381 e. The number of nitrogens with zero attached hydrogens (tertiary/aromatic N) is 1. The van der Waals surface area contributed by atoms with Crippen molar-refractivity contribution in [3.63, 3.8) is 0 Å². The van der Waals surface area contributed by atoms with Crippen LogP contribution in [-0.4, -0.2) is 61.2 Å². The van der Waals surface area contributed by atoms with Crippen LogP contribution in [0.3, 0.4) is 0 Å². The van der Waals surface area contributed by atoms with Crippen molar-refractivity contribution < 1.29 is 9.53 Å². The minimum Gasteiger partial charge on any atom is -0.381 e. The molecule has 0 aliphatic carbocycles. The molecule has 2 aliphatic heterocycles. The van der Waals surface area contributed by atoms with E-state index >= 15 is 0 Å². The molecule has 0 saturated carbocycles. The van der Waals surface area contributed by atoms with E-state index in [1.807, 2.05) is 16.7 Å². The summed E-state index contributed by atoms with van der Waals surface area (Å²) in [7, 11) is 1.76. The van der Waals surface area contributed by atoms with Crippen molar-refractivity contribution in [3.8, 4) is 0 Å². The van der Waals surface area contributed by atoms with Gasteiger partial charge in [-0.3, -0.25) is 4.79 Å². The number of methoxy groups -OCH3 is 1. The van der Waals surface area contributed by atoms with Gasteiger partial charge in [-0.15, -0.1) is 0 Å². The maximum Gasteiger partial charge on any atom is 0.224 e. The molecule has 1 atom stereocenters. The van der Waals surface area contributed by atoms with Crippen LogP contribution in [-0.2, 0) is 9.53 Å². The summed E-state index contributed by atoms with van der Waals surface area (Å²) in [4.78, 5) is 14.1. The fourth-order valence-corrected chi connectivity index (χ4v) is 3.38. The molecule has 17 heavy (non-hydrogen) atoms. The number of thioether (sulfide) groups is 1. The molecule has 5 heteroatoms. The van der Waals surface area contributed by atoms with Crippen molar-refractivity contribution in [2.75, 3.05) is 38.2 Å². The third-order valence-corrected chi connectivity index (χ3v) is 4.68. The average molecular weight is 258 g/mol. The number of hydrogen-bond acceptors (Lipinski definition) is 4. The Morgan fingerprint density at radius 3 is 2.82 bits per heavy atom. The third kappa shape index (κ3) is 3.86. The van der Waals surface area contributed by atoms with Crippen molar-refractivity contribution in [3.05, 3.63) is 0 Å². The molecule has 1 N–H and O–H groups in total. The summed E-state index contributed by atoms with van der Waals surface area (Å²) in [6.07, 6.45) is 2.97. The van der Waals surface area contributed by atoms with Gasteiger partial charge in [-0.2, -0.15) is 11.8 Å². The van der Waals surface area contributed by atoms with E-state index in [-0.39, 0.29) is 0 Å². The van der Waals surface area contributed by atoms with E-state index in [4.69, 9.17) is 4.74 Å². The molecule has 0 bridgehead atoms. The van der Waals surface area contributed by atoms with E-state index < -0.39 is 0 Å². The number of likely N-dealkylation sites (tertiary alicyclic amines) is 1. The van der Waals surface area contributed by atoms with Gasteiger partial charge in [0.1, 0.15) is 0 Å². The predicted molar refractivity (Wildman–Crippen MR) is 70.3 cm³/mol. The fourth-order valence-electron chi connectivity index (χ4n) is 2.43. The highest BCUT2D eigenvalue weighted by atomic mass is 32.2. The van der Waals surface area contributed by atoms with E-state index in [1.54, 1.807) is 7.11 Å². The number of amides is 1. The number of ether oxygens (including phenoxy) is 1. The molecule has 2 saturated heterocycles. The van der Waals surface area contributed by atoms with Gasteiger partial charge in [0, 0.05) is 50.7 Å². The van der Waals surface area contributed by atoms with Gasteiger partial charge in [0.2, 0.25) is 5.91 Å². The van der Waals surface area contributed by atoms with Crippen LogP contribution in [0.5, 0.6) is 0 Å². The molecule has 4 nitrogen and oxygen atoms in total. The Morgan fingerprint density at radius 1 is 1.47 bits per heavy atom. The first-order valence-corrected chi connectivity index (χ1v) is 7.56. The quantitative estimate of drug-likeness (QED) is 0.810. The van der Waals surface area contributed by atoms with Crippen molar-refractivity contribution in [1.29, 1.82) is 0 Å². The molecule has 0 aromatic rings. The molecule has 0 aromatic carbocycles. The monoisotopic (exact) mass is 258 g/mol. The molecule has 1 amide bonds. The molecule has 0 radical (unpaired) electrons. The Hall–Kier alpha value is -0.260. The second kappa shape index (κ2) is 6.61. The van der Waals surface area contributed by atoms with E-state index in [9.17, 15) is 4.79 Å². The Labute approximate surface area is 107 Å². The predicted octanol–water partition coefficient (Wildman–Crippen LogP) is 0.719. The molecule has 2 aliphatic rings. The molecular formula is C12H22N2O2S. The Morgan fingerprint density at radius 2 is 2.24 bits per heavy atom. The lowest BCUT2D eigenvalue weighted by Gasteiger charge is -2.33. The van der Waals surface area contributed by atoms with Crippen LogP contribution in [0.2, 0.25) is 0 Å². The van der Waals surface area contributed by atoms with Gasteiger partial charge in [-0.1, -0.05) is 0 Å². The van der Waals surface area contributed by atoms with E-state index in [0.29, 0.717) is 24.5 Å². The fraction of sp³-hybridized carbons (Fsp3) is 0.917. The number of carbonyl (C=O) groups is 1. The van der Waals surface area contributed by atoms with Crippen LogP contribution in [0.15, 0.2) is 0 Å². The molecule has 1 unspecified atom stereocenters. The van der Waals surface area contributed by atoms with Gasteiger partial charge >= 0.3 is 0 Å². The van der Waals surface area contributed by atoms with Crippen molar-refractivity contribution in [1.82, 2.24) is 10.2 Å². The first kappa shape index (κ1) is 13.2. The van der Waals surface area contributed by atoms with E-state index in [1.165, 1.54) is 5.75 Å². The number of hydrogen-bond donors (Lipinski definition) is 1. The second-order valence-corrected chi connectivity index (χ2v) is 5.90. The third-order valence-electron chi connectivity index (χ3n) is 3.55. The maximum atomic E-state index is 12.1. The van der Waals surface area contributed by atoms with Crippen LogP contribution in [0.25, 0.3) is 0 Å².